The molecule has 2 unspecified atom stereocenters. The first-order valence-corrected chi connectivity index (χ1v) is 7.26. The SMILES string of the molecule is CN(C(=O)CC1C=CCC1)C1CCc2ccccc21. The Kier molecular flexibility index (Phi) is 3.41. The van der Waals surface area contributed by atoms with Crippen LogP contribution in [0, 0.1) is 5.92 Å². The van der Waals surface area contributed by atoms with Crippen molar-refractivity contribution in [2.24, 2.45) is 5.92 Å². The summed E-state index contributed by atoms with van der Waals surface area (Å²) in [7, 11) is 1.97. The van der Waals surface area contributed by atoms with Crippen LogP contribution in [-0.4, -0.2) is 17.9 Å². The number of rotatable bonds is 3. The van der Waals surface area contributed by atoms with Crippen LogP contribution >= 0.6 is 0 Å². The van der Waals surface area contributed by atoms with Crippen molar-refractivity contribution in [3.05, 3.63) is 47.5 Å². The molecular weight excluding hydrogens is 234 g/mol. The first kappa shape index (κ1) is 12.5. The van der Waals surface area contributed by atoms with Gasteiger partial charge in [-0.05, 0) is 42.7 Å². The van der Waals surface area contributed by atoms with Crippen LogP contribution in [0.15, 0.2) is 36.4 Å². The van der Waals surface area contributed by atoms with Crippen LogP contribution in [0.3, 0.4) is 0 Å². The molecule has 2 aliphatic carbocycles. The van der Waals surface area contributed by atoms with E-state index in [-0.39, 0.29) is 6.04 Å². The van der Waals surface area contributed by atoms with Crippen molar-refractivity contribution >= 4 is 5.91 Å². The molecule has 3 rings (SSSR count). The van der Waals surface area contributed by atoms with E-state index >= 15 is 0 Å². The number of amides is 1. The third kappa shape index (κ3) is 2.44. The molecule has 0 spiro atoms. The lowest BCUT2D eigenvalue weighted by Crippen LogP contribution is -2.31. The van der Waals surface area contributed by atoms with Gasteiger partial charge in [-0.3, -0.25) is 4.79 Å². The minimum atomic E-state index is 0.286. The Bertz CT molecular complexity index is 506. The quantitative estimate of drug-likeness (QED) is 0.757. The highest BCUT2D eigenvalue weighted by atomic mass is 16.2. The Morgan fingerprint density at radius 3 is 2.95 bits per heavy atom. The van der Waals surface area contributed by atoms with Crippen molar-refractivity contribution in [3.8, 4) is 0 Å². The van der Waals surface area contributed by atoms with Crippen LogP contribution in [0.25, 0.3) is 0 Å². The van der Waals surface area contributed by atoms with Crippen LogP contribution in [0.4, 0.5) is 0 Å². The van der Waals surface area contributed by atoms with E-state index in [0.29, 0.717) is 18.2 Å². The summed E-state index contributed by atoms with van der Waals surface area (Å²) >= 11 is 0. The molecule has 1 amide bonds. The molecule has 0 fully saturated rings. The molecule has 0 saturated heterocycles. The van der Waals surface area contributed by atoms with E-state index in [1.807, 2.05) is 11.9 Å². The Morgan fingerprint density at radius 1 is 1.32 bits per heavy atom. The van der Waals surface area contributed by atoms with E-state index in [1.165, 1.54) is 11.1 Å². The summed E-state index contributed by atoms with van der Waals surface area (Å²) in [6.07, 6.45) is 9.52. The fourth-order valence-electron chi connectivity index (χ4n) is 3.34. The number of carbonyl (C=O) groups is 1. The van der Waals surface area contributed by atoms with Crippen LogP contribution in [0.1, 0.15) is 42.9 Å². The van der Waals surface area contributed by atoms with Gasteiger partial charge in [-0.2, -0.15) is 0 Å². The van der Waals surface area contributed by atoms with Gasteiger partial charge in [-0.25, -0.2) is 0 Å². The fraction of sp³-hybridized carbons (Fsp3) is 0.471. The van der Waals surface area contributed by atoms with Crippen molar-refractivity contribution in [3.63, 3.8) is 0 Å². The number of hydrogen-bond acceptors (Lipinski definition) is 1. The highest BCUT2D eigenvalue weighted by Crippen LogP contribution is 2.35. The average Bonchev–Trinajstić information content (AvgIpc) is 3.06. The topological polar surface area (TPSA) is 20.3 Å². The summed E-state index contributed by atoms with van der Waals surface area (Å²) in [6, 6.07) is 8.82. The second kappa shape index (κ2) is 5.20. The van der Waals surface area contributed by atoms with Crippen molar-refractivity contribution in [2.75, 3.05) is 7.05 Å². The molecule has 2 atom stereocenters. The Hall–Kier alpha value is -1.57. The number of fused-ring (bicyclic) bond motifs is 1. The van der Waals surface area contributed by atoms with Gasteiger partial charge < -0.3 is 4.90 Å². The first-order chi connectivity index (χ1) is 9.25. The zero-order chi connectivity index (χ0) is 13.2. The lowest BCUT2D eigenvalue weighted by molar-refractivity contribution is -0.132. The number of hydrogen-bond donors (Lipinski definition) is 0. The van der Waals surface area contributed by atoms with Crippen LogP contribution < -0.4 is 0 Å². The molecule has 0 N–H and O–H groups in total. The van der Waals surface area contributed by atoms with Gasteiger partial charge in [-0.15, -0.1) is 0 Å². The van der Waals surface area contributed by atoms with Gasteiger partial charge in [0.15, 0.2) is 0 Å². The van der Waals surface area contributed by atoms with Gasteiger partial charge in [0.05, 0.1) is 6.04 Å². The molecule has 1 aromatic carbocycles. The number of nitrogens with zero attached hydrogens (tertiary/aromatic N) is 1. The van der Waals surface area contributed by atoms with Gasteiger partial charge in [0, 0.05) is 13.5 Å². The molecule has 0 heterocycles. The number of aryl methyl sites for hydroxylation is 1. The third-order valence-corrected chi connectivity index (χ3v) is 4.51. The maximum Gasteiger partial charge on any atom is 0.223 e. The zero-order valence-corrected chi connectivity index (χ0v) is 11.5. The summed E-state index contributed by atoms with van der Waals surface area (Å²) < 4.78 is 0. The van der Waals surface area contributed by atoms with E-state index in [0.717, 1.165) is 25.7 Å². The third-order valence-electron chi connectivity index (χ3n) is 4.51. The molecule has 100 valence electrons. The molecule has 2 nitrogen and oxygen atoms in total. The van der Waals surface area contributed by atoms with Crippen molar-refractivity contribution < 1.29 is 4.79 Å². The molecule has 0 bridgehead atoms. The predicted octanol–water partition coefficient (Wildman–Crippen LogP) is 3.49. The lowest BCUT2D eigenvalue weighted by atomic mass is 10.0. The minimum Gasteiger partial charge on any atom is -0.339 e. The maximum atomic E-state index is 12.4. The number of carbonyl (C=O) groups excluding carboxylic acids is 1. The highest BCUT2D eigenvalue weighted by Gasteiger charge is 2.29. The molecule has 0 saturated carbocycles. The summed E-state index contributed by atoms with van der Waals surface area (Å²) in [5.41, 5.74) is 2.76. The number of benzene rings is 1. The summed E-state index contributed by atoms with van der Waals surface area (Å²) in [5.74, 6) is 0.754. The molecule has 0 aromatic heterocycles. The Balaban J connectivity index is 1.69. The maximum absolute atomic E-state index is 12.4. The predicted molar refractivity (Wildman–Crippen MR) is 76.8 cm³/mol. The van der Waals surface area contributed by atoms with E-state index in [9.17, 15) is 4.79 Å². The number of allylic oxidation sites excluding steroid dienone is 2. The average molecular weight is 255 g/mol. The second-order valence-corrected chi connectivity index (χ2v) is 5.73. The van der Waals surface area contributed by atoms with E-state index in [4.69, 9.17) is 0 Å². The van der Waals surface area contributed by atoms with Gasteiger partial charge in [-0.1, -0.05) is 36.4 Å². The fourth-order valence-corrected chi connectivity index (χ4v) is 3.34. The smallest absolute Gasteiger partial charge is 0.223 e. The summed E-state index contributed by atoms with van der Waals surface area (Å²) in [4.78, 5) is 14.4. The van der Waals surface area contributed by atoms with Gasteiger partial charge in [0.2, 0.25) is 5.91 Å². The van der Waals surface area contributed by atoms with E-state index < -0.39 is 0 Å². The zero-order valence-electron chi connectivity index (χ0n) is 11.5. The standard InChI is InChI=1S/C17H21NO/c1-18(17(19)12-13-6-2-3-7-13)16-11-10-14-8-4-5-9-15(14)16/h2,4-6,8-9,13,16H,3,7,10-12H2,1H3. The largest absolute Gasteiger partial charge is 0.339 e. The Morgan fingerprint density at radius 2 is 2.16 bits per heavy atom. The molecular formula is C17H21NO. The first-order valence-electron chi connectivity index (χ1n) is 7.26. The van der Waals surface area contributed by atoms with E-state index in [1.54, 1.807) is 0 Å². The summed E-state index contributed by atoms with van der Waals surface area (Å²) in [6.45, 7) is 0. The van der Waals surface area contributed by atoms with Gasteiger partial charge >= 0.3 is 0 Å². The second-order valence-electron chi connectivity index (χ2n) is 5.73. The van der Waals surface area contributed by atoms with Crippen molar-refractivity contribution in [1.82, 2.24) is 4.90 Å². The normalized spacial score (nSPS) is 24.5. The highest BCUT2D eigenvalue weighted by molar-refractivity contribution is 5.77. The molecule has 2 heteroatoms. The van der Waals surface area contributed by atoms with Crippen molar-refractivity contribution in [2.45, 2.75) is 38.1 Å². The van der Waals surface area contributed by atoms with Gasteiger partial charge in [0.25, 0.3) is 0 Å². The minimum absolute atomic E-state index is 0.286. The monoisotopic (exact) mass is 255 g/mol. The van der Waals surface area contributed by atoms with Crippen molar-refractivity contribution in [1.29, 1.82) is 0 Å². The molecule has 19 heavy (non-hydrogen) atoms. The Labute approximate surface area is 115 Å². The van der Waals surface area contributed by atoms with Gasteiger partial charge in [0.1, 0.15) is 0 Å². The van der Waals surface area contributed by atoms with Crippen LogP contribution in [-0.2, 0) is 11.2 Å². The van der Waals surface area contributed by atoms with Crippen LogP contribution in [0.5, 0.6) is 0 Å². The molecule has 2 aliphatic rings. The molecule has 1 aromatic rings. The molecule has 0 aliphatic heterocycles. The van der Waals surface area contributed by atoms with E-state index in [2.05, 4.69) is 36.4 Å². The lowest BCUT2D eigenvalue weighted by Gasteiger charge is -2.26. The summed E-state index contributed by atoms with van der Waals surface area (Å²) in [5, 5.41) is 0. The van der Waals surface area contributed by atoms with Crippen LogP contribution in [0.2, 0.25) is 0 Å². The molecule has 0 radical (unpaired) electrons.